The number of unbranched alkanes of at least 4 members (excludes halogenated alkanes) is 2. The molecule has 1 rings (SSSR count). The molecule has 3 nitrogen and oxygen atoms in total. The fourth-order valence-electron chi connectivity index (χ4n) is 2.17. The molecule has 0 radical (unpaired) electrons. The number of aromatic nitrogens is 1. The van der Waals surface area contributed by atoms with Crippen molar-refractivity contribution < 1.29 is 0 Å². The first kappa shape index (κ1) is 17.6. The summed E-state index contributed by atoms with van der Waals surface area (Å²) < 4.78 is 0. The van der Waals surface area contributed by atoms with Crippen LogP contribution in [0.2, 0.25) is 0 Å². The molecule has 20 heavy (non-hydrogen) atoms. The van der Waals surface area contributed by atoms with Gasteiger partial charge in [0.15, 0.2) is 0 Å². The zero-order valence-electron chi connectivity index (χ0n) is 13.6. The van der Waals surface area contributed by atoms with Crippen molar-refractivity contribution in [2.75, 3.05) is 13.1 Å². The van der Waals surface area contributed by atoms with Crippen LogP contribution in [-0.4, -0.2) is 29.0 Å². The SMILES string of the molecule is CCCCCN(Cc1csc(CNCCC)n1)C(C)C. The lowest BCUT2D eigenvalue weighted by atomic mass is 10.2. The number of thiazole rings is 1. The Hall–Kier alpha value is -0.450. The molecule has 0 aliphatic heterocycles. The van der Waals surface area contributed by atoms with Gasteiger partial charge in [-0.1, -0.05) is 26.7 Å². The van der Waals surface area contributed by atoms with Crippen LogP contribution in [0.4, 0.5) is 0 Å². The smallest absolute Gasteiger partial charge is 0.107 e. The first-order valence-corrected chi connectivity index (χ1v) is 8.93. The second kappa shape index (κ2) is 10.3. The van der Waals surface area contributed by atoms with Crippen molar-refractivity contribution in [3.05, 3.63) is 16.1 Å². The predicted octanol–water partition coefficient (Wildman–Crippen LogP) is 4.04. The molecule has 116 valence electrons. The van der Waals surface area contributed by atoms with Gasteiger partial charge in [0.2, 0.25) is 0 Å². The van der Waals surface area contributed by atoms with Crippen LogP contribution < -0.4 is 5.32 Å². The topological polar surface area (TPSA) is 28.2 Å². The summed E-state index contributed by atoms with van der Waals surface area (Å²) in [7, 11) is 0. The van der Waals surface area contributed by atoms with Crippen LogP contribution in [0.15, 0.2) is 5.38 Å². The Bertz CT molecular complexity index is 349. The molecular weight excluding hydrogens is 266 g/mol. The van der Waals surface area contributed by atoms with Crippen LogP contribution in [0.5, 0.6) is 0 Å². The van der Waals surface area contributed by atoms with Gasteiger partial charge in [-0.05, 0) is 39.8 Å². The number of rotatable bonds is 11. The molecule has 0 aromatic carbocycles. The molecular formula is C16H31N3S. The summed E-state index contributed by atoms with van der Waals surface area (Å²) in [5.41, 5.74) is 1.23. The molecule has 0 saturated carbocycles. The minimum atomic E-state index is 0.593. The van der Waals surface area contributed by atoms with E-state index >= 15 is 0 Å². The number of hydrogen-bond acceptors (Lipinski definition) is 4. The highest BCUT2D eigenvalue weighted by Crippen LogP contribution is 2.14. The van der Waals surface area contributed by atoms with Crippen molar-refractivity contribution >= 4 is 11.3 Å². The van der Waals surface area contributed by atoms with Gasteiger partial charge in [0, 0.05) is 24.5 Å². The Morgan fingerprint density at radius 2 is 2.05 bits per heavy atom. The van der Waals surface area contributed by atoms with Gasteiger partial charge in [-0.25, -0.2) is 4.98 Å². The van der Waals surface area contributed by atoms with Crippen LogP contribution in [0, 0.1) is 0 Å². The summed E-state index contributed by atoms with van der Waals surface area (Å²) in [5, 5.41) is 6.85. The van der Waals surface area contributed by atoms with E-state index < -0.39 is 0 Å². The lowest BCUT2D eigenvalue weighted by Gasteiger charge is -2.25. The molecule has 0 aliphatic rings. The van der Waals surface area contributed by atoms with Gasteiger partial charge < -0.3 is 5.32 Å². The number of nitrogens with zero attached hydrogens (tertiary/aromatic N) is 2. The highest BCUT2D eigenvalue weighted by Gasteiger charge is 2.11. The molecule has 0 unspecified atom stereocenters. The summed E-state index contributed by atoms with van der Waals surface area (Å²) in [6, 6.07) is 0.593. The van der Waals surface area contributed by atoms with Crippen molar-refractivity contribution in [3.63, 3.8) is 0 Å². The maximum Gasteiger partial charge on any atom is 0.107 e. The highest BCUT2D eigenvalue weighted by atomic mass is 32.1. The van der Waals surface area contributed by atoms with Crippen molar-refractivity contribution in [1.29, 1.82) is 0 Å². The molecule has 1 heterocycles. The van der Waals surface area contributed by atoms with Crippen LogP contribution >= 0.6 is 11.3 Å². The second-order valence-corrected chi connectivity index (χ2v) is 6.62. The Kier molecular flexibility index (Phi) is 9.07. The number of hydrogen-bond donors (Lipinski definition) is 1. The summed E-state index contributed by atoms with van der Waals surface area (Å²) in [6.45, 7) is 13.2. The normalized spacial score (nSPS) is 11.7. The number of nitrogens with one attached hydrogen (secondary N) is 1. The van der Waals surface area contributed by atoms with E-state index in [0.717, 1.165) is 19.6 Å². The molecule has 1 aromatic heterocycles. The molecule has 1 aromatic rings. The van der Waals surface area contributed by atoms with Gasteiger partial charge in [-0.2, -0.15) is 0 Å². The summed E-state index contributed by atoms with van der Waals surface area (Å²) in [4.78, 5) is 7.28. The Balaban J connectivity index is 2.43. The van der Waals surface area contributed by atoms with Gasteiger partial charge in [0.05, 0.1) is 5.69 Å². The molecule has 0 saturated heterocycles. The summed E-state index contributed by atoms with van der Waals surface area (Å²) >= 11 is 1.78. The lowest BCUT2D eigenvalue weighted by molar-refractivity contribution is 0.206. The van der Waals surface area contributed by atoms with E-state index in [9.17, 15) is 0 Å². The largest absolute Gasteiger partial charge is 0.310 e. The first-order valence-electron chi connectivity index (χ1n) is 8.05. The minimum absolute atomic E-state index is 0.593. The Morgan fingerprint density at radius 1 is 1.25 bits per heavy atom. The Morgan fingerprint density at radius 3 is 2.70 bits per heavy atom. The average molecular weight is 298 g/mol. The average Bonchev–Trinajstić information content (AvgIpc) is 2.86. The van der Waals surface area contributed by atoms with Crippen molar-refractivity contribution in [1.82, 2.24) is 15.2 Å². The van der Waals surface area contributed by atoms with Gasteiger partial charge in [0.25, 0.3) is 0 Å². The monoisotopic (exact) mass is 297 g/mol. The summed E-state index contributed by atoms with van der Waals surface area (Å²) in [6.07, 6.45) is 5.09. The van der Waals surface area contributed by atoms with E-state index in [0.29, 0.717) is 6.04 Å². The lowest BCUT2D eigenvalue weighted by Crippen LogP contribution is -2.31. The molecule has 0 amide bonds. The zero-order chi connectivity index (χ0) is 14.8. The molecule has 0 fully saturated rings. The van der Waals surface area contributed by atoms with Crippen LogP contribution in [0.1, 0.15) is 64.1 Å². The standard InChI is InChI=1S/C16H31N3S/c1-5-7-8-10-19(14(3)4)12-15-13-20-16(18-15)11-17-9-6-2/h13-14,17H,5-12H2,1-4H3. The van der Waals surface area contributed by atoms with E-state index in [1.165, 1.54) is 42.9 Å². The van der Waals surface area contributed by atoms with Crippen molar-refractivity contribution in [2.24, 2.45) is 0 Å². The van der Waals surface area contributed by atoms with E-state index in [-0.39, 0.29) is 0 Å². The van der Waals surface area contributed by atoms with Crippen molar-refractivity contribution in [3.8, 4) is 0 Å². The van der Waals surface area contributed by atoms with Gasteiger partial charge in [-0.3, -0.25) is 4.90 Å². The predicted molar refractivity (Wildman–Crippen MR) is 89.2 cm³/mol. The highest BCUT2D eigenvalue weighted by molar-refractivity contribution is 7.09. The fourth-order valence-corrected chi connectivity index (χ4v) is 2.92. The minimum Gasteiger partial charge on any atom is -0.310 e. The van der Waals surface area contributed by atoms with E-state index in [2.05, 4.69) is 43.3 Å². The third-order valence-corrected chi connectivity index (χ3v) is 4.34. The van der Waals surface area contributed by atoms with Crippen molar-refractivity contribution in [2.45, 2.75) is 72.5 Å². The first-order chi connectivity index (χ1) is 9.67. The van der Waals surface area contributed by atoms with Crippen LogP contribution in [0.25, 0.3) is 0 Å². The third-order valence-electron chi connectivity index (χ3n) is 3.45. The molecule has 0 aliphatic carbocycles. The molecule has 0 spiro atoms. The fraction of sp³-hybridized carbons (Fsp3) is 0.812. The van der Waals surface area contributed by atoms with E-state index in [1.54, 1.807) is 11.3 Å². The van der Waals surface area contributed by atoms with E-state index in [4.69, 9.17) is 4.98 Å². The molecule has 0 atom stereocenters. The molecule has 4 heteroatoms. The second-order valence-electron chi connectivity index (χ2n) is 5.68. The third kappa shape index (κ3) is 6.82. The Labute approximate surface area is 128 Å². The molecule has 0 bridgehead atoms. The van der Waals surface area contributed by atoms with Crippen LogP contribution in [-0.2, 0) is 13.1 Å². The van der Waals surface area contributed by atoms with E-state index in [1.807, 2.05) is 0 Å². The summed E-state index contributed by atoms with van der Waals surface area (Å²) in [5.74, 6) is 0. The zero-order valence-corrected chi connectivity index (χ0v) is 14.4. The quantitative estimate of drug-likeness (QED) is 0.625. The molecule has 1 N–H and O–H groups in total. The maximum atomic E-state index is 4.75. The van der Waals surface area contributed by atoms with Gasteiger partial charge >= 0.3 is 0 Å². The van der Waals surface area contributed by atoms with Gasteiger partial charge in [0.1, 0.15) is 5.01 Å². The van der Waals surface area contributed by atoms with Crippen LogP contribution in [0.3, 0.4) is 0 Å². The van der Waals surface area contributed by atoms with Gasteiger partial charge in [-0.15, -0.1) is 11.3 Å². The maximum absolute atomic E-state index is 4.75.